The first-order valence-corrected chi connectivity index (χ1v) is 7.78. The number of methoxy groups -OCH3 is 1. The molecular formula is C15H32N2O2. The molecule has 0 radical (unpaired) electrons. The van der Waals surface area contributed by atoms with Crippen LogP contribution in [0.15, 0.2) is 0 Å². The first kappa shape index (κ1) is 16.9. The van der Waals surface area contributed by atoms with E-state index in [2.05, 4.69) is 31.0 Å². The first-order valence-electron chi connectivity index (χ1n) is 7.78. The Labute approximate surface area is 118 Å². The van der Waals surface area contributed by atoms with Gasteiger partial charge in [0.15, 0.2) is 0 Å². The SMILES string of the molecule is CCC(CC)N(CCOC)C(C)CC1COCCN1. The third-order valence-electron chi connectivity index (χ3n) is 4.16. The van der Waals surface area contributed by atoms with Crippen LogP contribution in [-0.2, 0) is 9.47 Å². The molecule has 4 heteroatoms. The maximum Gasteiger partial charge on any atom is 0.0620 e. The van der Waals surface area contributed by atoms with Crippen molar-refractivity contribution in [1.29, 1.82) is 0 Å². The Kier molecular flexibility index (Phi) is 8.62. The third-order valence-corrected chi connectivity index (χ3v) is 4.16. The highest BCUT2D eigenvalue weighted by Crippen LogP contribution is 2.16. The van der Waals surface area contributed by atoms with Crippen LogP contribution in [0.3, 0.4) is 0 Å². The van der Waals surface area contributed by atoms with Crippen LogP contribution in [0.2, 0.25) is 0 Å². The number of nitrogens with one attached hydrogen (secondary N) is 1. The molecule has 114 valence electrons. The molecular weight excluding hydrogens is 240 g/mol. The summed E-state index contributed by atoms with van der Waals surface area (Å²) in [5, 5.41) is 3.55. The van der Waals surface area contributed by atoms with Crippen LogP contribution in [0, 0.1) is 0 Å². The average molecular weight is 272 g/mol. The Hall–Kier alpha value is -0.160. The summed E-state index contributed by atoms with van der Waals surface area (Å²) in [6.45, 7) is 11.4. The molecule has 1 fully saturated rings. The lowest BCUT2D eigenvalue weighted by molar-refractivity contribution is 0.0443. The largest absolute Gasteiger partial charge is 0.383 e. The van der Waals surface area contributed by atoms with E-state index >= 15 is 0 Å². The summed E-state index contributed by atoms with van der Waals surface area (Å²) in [6, 6.07) is 1.73. The van der Waals surface area contributed by atoms with E-state index in [1.165, 1.54) is 12.8 Å². The molecule has 1 aliphatic heterocycles. The smallest absolute Gasteiger partial charge is 0.0620 e. The van der Waals surface area contributed by atoms with Crippen molar-refractivity contribution >= 4 is 0 Å². The van der Waals surface area contributed by atoms with E-state index in [1.807, 2.05) is 0 Å². The number of hydrogen-bond donors (Lipinski definition) is 1. The molecule has 0 aliphatic carbocycles. The standard InChI is InChI=1S/C15H32N2O2/c1-5-15(6-2)17(8-10-18-4)13(3)11-14-12-19-9-7-16-14/h13-16H,5-12H2,1-4H3. The van der Waals surface area contributed by atoms with E-state index in [9.17, 15) is 0 Å². The predicted octanol–water partition coefficient (Wildman–Crippen LogP) is 1.89. The molecule has 1 saturated heterocycles. The molecule has 0 aromatic rings. The lowest BCUT2D eigenvalue weighted by atomic mass is 10.0. The first-order chi connectivity index (χ1) is 9.22. The molecule has 0 aromatic heterocycles. The molecule has 0 aromatic carbocycles. The second-order valence-electron chi connectivity index (χ2n) is 5.51. The van der Waals surface area contributed by atoms with Crippen LogP contribution in [-0.4, -0.2) is 63.0 Å². The Bertz CT molecular complexity index is 216. The van der Waals surface area contributed by atoms with Crippen LogP contribution < -0.4 is 5.32 Å². The van der Waals surface area contributed by atoms with Crippen molar-refractivity contribution in [3.8, 4) is 0 Å². The highest BCUT2D eigenvalue weighted by atomic mass is 16.5. The van der Waals surface area contributed by atoms with Crippen LogP contribution >= 0.6 is 0 Å². The monoisotopic (exact) mass is 272 g/mol. The summed E-state index contributed by atoms with van der Waals surface area (Å²) in [7, 11) is 1.78. The summed E-state index contributed by atoms with van der Waals surface area (Å²) in [5.41, 5.74) is 0. The third kappa shape index (κ3) is 5.78. The number of morpholine rings is 1. The molecule has 2 unspecified atom stereocenters. The van der Waals surface area contributed by atoms with Crippen LogP contribution in [0.4, 0.5) is 0 Å². The van der Waals surface area contributed by atoms with Crippen LogP contribution in [0.1, 0.15) is 40.0 Å². The maximum atomic E-state index is 5.55. The maximum absolute atomic E-state index is 5.55. The minimum absolute atomic E-state index is 0.503. The van der Waals surface area contributed by atoms with Gasteiger partial charge in [0.25, 0.3) is 0 Å². The summed E-state index contributed by atoms with van der Waals surface area (Å²) >= 11 is 0. The zero-order chi connectivity index (χ0) is 14.1. The Morgan fingerprint density at radius 2 is 2.11 bits per heavy atom. The van der Waals surface area contributed by atoms with Crippen molar-refractivity contribution in [3.63, 3.8) is 0 Å². The van der Waals surface area contributed by atoms with Gasteiger partial charge in [0.05, 0.1) is 19.8 Å². The fourth-order valence-corrected chi connectivity index (χ4v) is 3.04. The minimum atomic E-state index is 0.503. The molecule has 1 N–H and O–H groups in total. The van der Waals surface area contributed by atoms with Crippen molar-refractivity contribution in [1.82, 2.24) is 10.2 Å². The molecule has 4 nitrogen and oxygen atoms in total. The molecule has 2 atom stereocenters. The van der Waals surface area contributed by atoms with Gasteiger partial charge in [-0.1, -0.05) is 13.8 Å². The topological polar surface area (TPSA) is 33.7 Å². The zero-order valence-corrected chi connectivity index (χ0v) is 13.2. The molecule has 0 saturated carbocycles. The van der Waals surface area contributed by atoms with E-state index < -0.39 is 0 Å². The number of rotatable bonds is 9. The lowest BCUT2D eigenvalue weighted by Crippen LogP contribution is -2.49. The Morgan fingerprint density at radius 1 is 1.37 bits per heavy atom. The highest BCUT2D eigenvalue weighted by Gasteiger charge is 2.24. The highest BCUT2D eigenvalue weighted by molar-refractivity contribution is 4.81. The molecule has 0 bridgehead atoms. The van der Waals surface area contributed by atoms with Gasteiger partial charge in [-0.2, -0.15) is 0 Å². The summed E-state index contributed by atoms with van der Waals surface area (Å²) in [4.78, 5) is 2.61. The summed E-state index contributed by atoms with van der Waals surface area (Å²) in [6.07, 6.45) is 3.57. The fraction of sp³-hybridized carbons (Fsp3) is 1.00. The molecule has 0 spiro atoms. The summed E-state index contributed by atoms with van der Waals surface area (Å²) in [5.74, 6) is 0. The Morgan fingerprint density at radius 3 is 2.63 bits per heavy atom. The second kappa shape index (κ2) is 9.70. The average Bonchev–Trinajstić information content (AvgIpc) is 2.44. The van der Waals surface area contributed by atoms with Gasteiger partial charge < -0.3 is 14.8 Å². The molecule has 1 aliphatic rings. The van der Waals surface area contributed by atoms with Crippen LogP contribution in [0.5, 0.6) is 0 Å². The van der Waals surface area contributed by atoms with Gasteiger partial charge in [-0.3, -0.25) is 4.90 Å². The molecule has 19 heavy (non-hydrogen) atoms. The van der Waals surface area contributed by atoms with E-state index in [0.29, 0.717) is 18.1 Å². The molecule has 1 rings (SSSR count). The van der Waals surface area contributed by atoms with E-state index in [1.54, 1.807) is 7.11 Å². The summed E-state index contributed by atoms with van der Waals surface area (Å²) < 4.78 is 10.8. The molecule has 1 heterocycles. The van der Waals surface area contributed by atoms with Crippen molar-refractivity contribution < 1.29 is 9.47 Å². The second-order valence-corrected chi connectivity index (χ2v) is 5.51. The van der Waals surface area contributed by atoms with Gasteiger partial charge in [0.1, 0.15) is 0 Å². The predicted molar refractivity (Wildman–Crippen MR) is 79.6 cm³/mol. The van der Waals surface area contributed by atoms with Gasteiger partial charge in [-0.15, -0.1) is 0 Å². The van der Waals surface area contributed by atoms with Gasteiger partial charge in [0.2, 0.25) is 0 Å². The fourth-order valence-electron chi connectivity index (χ4n) is 3.04. The van der Waals surface area contributed by atoms with Crippen LogP contribution in [0.25, 0.3) is 0 Å². The van der Waals surface area contributed by atoms with Gasteiger partial charge in [-0.05, 0) is 26.2 Å². The van der Waals surface area contributed by atoms with Crippen molar-refractivity contribution in [3.05, 3.63) is 0 Å². The van der Waals surface area contributed by atoms with Gasteiger partial charge in [-0.25, -0.2) is 0 Å². The van der Waals surface area contributed by atoms with Crippen molar-refractivity contribution in [2.24, 2.45) is 0 Å². The lowest BCUT2D eigenvalue weighted by Gasteiger charge is -2.38. The number of ether oxygens (including phenoxy) is 2. The normalized spacial score (nSPS) is 22.1. The number of hydrogen-bond acceptors (Lipinski definition) is 4. The van der Waals surface area contributed by atoms with E-state index in [4.69, 9.17) is 9.47 Å². The quantitative estimate of drug-likeness (QED) is 0.695. The van der Waals surface area contributed by atoms with Gasteiger partial charge in [0, 0.05) is 38.3 Å². The Balaban J connectivity index is 2.50. The van der Waals surface area contributed by atoms with E-state index in [0.717, 1.165) is 39.3 Å². The van der Waals surface area contributed by atoms with Crippen molar-refractivity contribution in [2.45, 2.75) is 58.2 Å². The van der Waals surface area contributed by atoms with Crippen molar-refractivity contribution in [2.75, 3.05) is 40.0 Å². The minimum Gasteiger partial charge on any atom is -0.383 e. The van der Waals surface area contributed by atoms with Gasteiger partial charge >= 0.3 is 0 Å². The number of nitrogens with zero attached hydrogens (tertiary/aromatic N) is 1. The molecule has 0 amide bonds. The van der Waals surface area contributed by atoms with E-state index in [-0.39, 0.29) is 0 Å². The zero-order valence-electron chi connectivity index (χ0n) is 13.2.